The molecular formula is C12H9BrFNO. The van der Waals surface area contributed by atoms with E-state index in [9.17, 15) is 9.18 Å². The molecular weight excluding hydrogens is 273 g/mol. The van der Waals surface area contributed by atoms with Crippen LogP contribution in [0.5, 0.6) is 0 Å². The largest absolute Gasteiger partial charge is 0.310 e. The van der Waals surface area contributed by atoms with Gasteiger partial charge in [-0.1, -0.05) is 12.1 Å². The van der Waals surface area contributed by atoms with Gasteiger partial charge in [-0.25, -0.2) is 4.39 Å². The van der Waals surface area contributed by atoms with Crippen molar-refractivity contribution in [1.29, 1.82) is 0 Å². The van der Waals surface area contributed by atoms with E-state index in [1.165, 1.54) is 12.1 Å². The van der Waals surface area contributed by atoms with E-state index in [4.69, 9.17) is 0 Å². The maximum absolute atomic E-state index is 12.7. The van der Waals surface area contributed by atoms with Gasteiger partial charge in [-0.2, -0.15) is 0 Å². The van der Waals surface area contributed by atoms with E-state index in [-0.39, 0.29) is 11.4 Å². The smallest absolute Gasteiger partial charge is 0.265 e. The number of halogens is 2. The minimum atomic E-state index is -0.273. The van der Waals surface area contributed by atoms with Crippen molar-refractivity contribution < 1.29 is 4.39 Å². The van der Waals surface area contributed by atoms with Crippen LogP contribution in [0.2, 0.25) is 0 Å². The molecule has 0 atom stereocenters. The second kappa shape index (κ2) is 4.61. The van der Waals surface area contributed by atoms with Gasteiger partial charge in [0, 0.05) is 6.20 Å². The number of nitrogens with zero attached hydrogens (tertiary/aromatic N) is 1. The summed E-state index contributed by atoms with van der Waals surface area (Å²) in [6.07, 6.45) is 1.70. The normalized spacial score (nSPS) is 10.4. The standard InChI is InChI=1S/C12H9BrFNO/c13-11-2-1-7-15(12(11)16)8-9-3-5-10(14)6-4-9/h1-7H,8H2. The van der Waals surface area contributed by atoms with Crippen molar-refractivity contribution in [2.24, 2.45) is 0 Å². The first kappa shape index (κ1) is 11.1. The van der Waals surface area contributed by atoms with Crippen LogP contribution in [0, 0.1) is 5.82 Å². The van der Waals surface area contributed by atoms with Gasteiger partial charge >= 0.3 is 0 Å². The summed E-state index contributed by atoms with van der Waals surface area (Å²) in [5.74, 6) is -0.273. The molecule has 1 aromatic carbocycles. The van der Waals surface area contributed by atoms with Crippen LogP contribution in [0.15, 0.2) is 51.9 Å². The average Bonchev–Trinajstić information content (AvgIpc) is 2.28. The molecule has 2 rings (SSSR count). The third kappa shape index (κ3) is 2.39. The Hall–Kier alpha value is -1.42. The van der Waals surface area contributed by atoms with Crippen LogP contribution in [0.1, 0.15) is 5.56 Å². The fourth-order valence-electron chi connectivity index (χ4n) is 1.42. The van der Waals surface area contributed by atoms with E-state index in [1.54, 1.807) is 35.0 Å². The van der Waals surface area contributed by atoms with E-state index in [0.29, 0.717) is 11.0 Å². The minimum Gasteiger partial charge on any atom is -0.310 e. The minimum absolute atomic E-state index is 0.0909. The number of hydrogen-bond donors (Lipinski definition) is 0. The number of benzene rings is 1. The summed E-state index contributed by atoms with van der Waals surface area (Å²) in [6.45, 7) is 0.443. The monoisotopic (exact) mass is 281 g/mol. The highest BCUT2D eigenvalue weighted by Gasteiger charge is 2.01. The van der Waals surface area contributed by atoms with Gasteiger partial charge in [0.2, 0.25) is 0 Å². The molecule has 2 aromatic rings. The summed E-state index contributed by atoms with van der Waals surface area (Å²) >= 11 is 3.18. The van der Waals surface area contributed by atoms with Gasteiger partial charge in [-0.05, 0) is 45.8 Å². The highest BCUT2D eigenvalue weighted by molar-refractivity contribution is 9.10. The Morgan fingerprint density at radius 1 is 1.19 bits per heavy atom. The number of aromatic nitrogens is 1. The second-order valence-corrected chi connectivity index (χ2v) is 4.27. The van der Waals surface area contributed by atoms with Crippen molar-refractivity contribution >= 4 is 15.9 Å². The van der Waals surface area contributed by atoms with Crippen LogP contribution >= 0.6 is 15.9 Å². The molecule has 0 fully saturated rings. The first-order chi connectivity index (χ1) is 7.66. The lowest BCUT2D eigenvalue weighted by atomic mass is 10.2. The van der Waals surface area contributed by atoms with E-state index >= 15 is 0 Å². The van der Waals surface area contributed by atoms with Gasteiger partial charge in [-0.15, -0.1) is 0 Å². The predicted molar refractivity (Wildman–Crippen MR) is 63.9 cm³/mol. The van der Waals surface area contributed by atoms with Crippen molar-refractivity contribution in [3.63, 3.8) is 0 Å². The molecule has 16 heavy (non-hydrogen) atoms. The van der Waals surface area contributed by atoms with Crippen molar-refractivity contribution in [1.82, 2.24) is 4.57 Å². The zero-order chi connectivity index (χ0) is 11.5. The second-order valence-electron chi connectivity index (χ2n) is 3.42. The molecule has 0 amide bonds. The number of hydrogen-bond acceptors (Lipinski definition) is 1. The molecule has 2 nitrogen and oxygen atoms in total. The maximum atomic E-state index is 12.7. The van der Waals surface area contributed by atoms with Crippen LogP contribution < -0.4 is 5.56 Å². The van der Waals surface area contributed by atoms with Crippen LogP contribution in [0.3, 0.4) is 0 Å². The molecule has 0 saturated carbocycles. The molecule has 0 aliphatic heterocycles. The molecule has 1 heterocycles. The maximum Gasteiger partial charge on any atom is 0.265 e. The van der Waals surface area contributed by atoms with Crippen LogP contribution in [-0.4, -0.2) is 4.57 Å². The predicted octanol–water partition coefficient (Wildman–Crippen LogP) is 2.80. The first-order valence-corrected chi connectivity index (χ1v) is 5.55. The molecule has 0 aliphatic rings. The van der Waals surface area contributed by atoms with E-state index in [0.717, 1.165) is 5.56 Å². The summed E-state index contributed by atoms with van der Waals surface area (Å²) in [6, 6.07) is 9.60. The molecule has 4 heteroatoms. The SMILES string of the molecule is O=c1c(Br)cccn1Cc1ccc(F)cc1. The lowest BCUT2D eigenvalue weighted by molar-refractivity contribution is 0.626. The number of rotatable bonds is 2. The van der Waals surface area contributed by atoms with Gasteiger partial charge in [0.1, 0.15) is 5.82 Å². The van der Waals surface area contributed by atoms with Crippen molar-refractivity contribution in [3.8, 4) is 0 Å². The van der Waals surface area contributed by atoms with Crippen LogP contribution in [0.25, 0.3) is 0 Å². The lowest BCUT2D eigenvalue weighted by Gasteiger charge is -2.05. The average molecular weight is 282 g/mol. The zero-order valence-electron chi connectivity index (χ0n) is 8.36. The Labute approximate surface area is 100 Å². The Bertz CT molecular complexity index is 548. The molecule has 0 aliphatic carbocycles. The molecule has 0 unspecified atom stereocenters. The number of pyridine rings is 1. The topological polar surface area (TPSA) is 22.0 Å². The van der Waals surface area contributed by atoms with Gasteiger partial charge in [0.05, 0.1) is 11.0 Å². The molecule has 82 valence electrons. The highest BCUT2D eigenvalue weighted by atomic mass is 79.9. The fraction of sp³-hybridized carbons (Fsp3) is 0.0833. The summed E-state index contributed by atoms with van der Waals surface area (Å²) < 4.78 is 14.8. The van der Waals surface area contributed by atoms with Gasteiger partial charge in [0.25, 0.3) is 5.56 Å². The van der Waals surface area contributed by atoms with Crippen molar-refractivity contribution in [3.05, 3.63) is 68.8 Å². The summed E-state index contributed by atoms with van der Waals surface area (Å²) in [5.41, 5.74) is 0.799. The Morgan fingerprint density at radius 2 is 1.88 bits per heavy atom. The zero-order valence-corrected chi connectivity index (χ0v) is 9.95. The quantitative estimate of drug-likeness (QED) is 0.830. The van der Waals surface area contributed by atoms with E-state index in [1.807, 2.05) is 0 Å². The van der Waals surface area contributed by atoms with Gasteiger partial charge in [-0.3, -0.25) is 4.79 Å². The molecule has 1 aromatic heterocycles. The Kier molecular flexibility index (Phi) is 3.19. The van der Waals surface area contributed by atoms with E-state index in [2.05, 4.69) is 15.9 Å². The first-order valence-electron chi connectivity index (χ1n) is 4.76. The molecule has 0 saturated heterocycles. The Morgan fingerprint density at radius 3 is 2.56 bits per heavy atom. The summed E-state index contributed by atoms with van der Waals surface area (Å²) in [7, 11) is 0. The highest BCUT2D eigenvalue weighted by Crippen LogP contribution is 2.06. The van der Waals surface area contributed by atoms with Gasteiger partial charge < -0.3 is 4.57 Å². The van der Waals surface area contributed by atoms with Crippen molar-refractivity contribution in [2.75, 3.05) is 0 Å². The third-order valence-electron chi connectivity index (χ3n) is 2.24. The van der Waals surface area contributed by atoms with Crippen LogP contribution in [-0.2, 0) is 6.54 Å². The molecule has 0 bridgehead atoms. The van der Waals surface area contributed by atoms with E-state index < -0.39 is 0 Å². The van der Waals surface area contributed by atoms with Gasteiger partial charge in [0.15, 0.2) is 0 Å². The van der Waals surface area contributed by atoms with Crippen molar-refractivity contribution in [2.45, 2.75) is 6.54 Å². The third-order valence-corrected chi connectivity index (χ3v) is 2.84. The molecule has 0 spiro atoms. The Balaban J connectivity index is 2.31. The summed E-state index contributed by atoms with van der Waals surface area (Å²) in [4.78, 5) is 11.7. The van der Waals surface area contributed by atoms with Crippen LogP contribution in [0.4, 0.5) is 4.39 Å². The summed E-state index contributed by atoms with van der Waals surface area (Å²) in [5, 5.41) is 0. The molecule has 0 radical (unpaired) electrons. The fourth-order valence-corrected chi connectivity index (χ4v) is 1.80. The molecule has 0 N–H and O–H groups in total. The lowest BCUT2D eigenvalue weighted by Crippen LogP contribution is -2.20.